The van der Waals surface area contributed by atoms with Crippen LogP contribution < -0.4 is 4.74 Å². The Kier molecular flexibility index (Phi) is 9.19. The van der Waals surface area contributed by atoms with Crippen LogP contribution in [-0.2, 0) is 41.7 Å². The lowest BCUT2D eigenvalue weighted by atomic mass is 9.87. The summed E-state index contributed by atoms with van der Waals surface area (Å²) in [5.74, 6) is -10.8. The first-order chi connectivity index (χ1) is 20.2. The number of halogens is 6. The van der Waals surface area contributed by atoms with Crippen molar-refractivity contribution in [3.63, 3.8) is 0 Å². The average Bonchev–Trinajstić information content (AvgIpc) is 3.02. The summed E-state index contributed by atoms with van der Waals surface area (Å²) >= 11 is 0. The van der Waals surface area contributed by atoms with Crippen LogP contribution in [0.5, 0.6) is 5.75 Å². The topological polar surface area (TPSA) is 84.9 Å². The van der Waals surface area contributed by atoms with Gasteiger partial charge in [0.15, 0.2) is 37.2 Å². The lowest BCUT2D eigenvalue weighted by Gasteiger charge is -2.28. The molecule has 0 aromatic heterocycles. The molecule has 1 saturated heterocycles. The molecular weight excluding hydrogens is 634 g/mol. The molecule has 14 heteroatoms. The predicted molar refractivity (Wildman–Crippen MR) is 149 cm³/mol. The molecule has 6 nitrogen and oxygen atoms in total. The normalized spacial score (nSPS) is 19.2. The SMILES string of the molecule is CC(C)(C)c1ccc([S+](c2ccc(OCC(F)(F)S(=O)(=O)[O-])cc2)c2ccc(C3(C)OCC(F)(F)C(F)(F)CO3)cc2)cc1. The summed E-state index contributed by atoms with van der Waals surface area (Å²) in [5, 5.41) is -4.61. The van der Waals surface area contributed by atoms with Gasteiger partial charge in [0.05, 0.1) is 10.9 Å². The first kappa shape index (κ1) is 34.1. The smallest absolute Gasteiger partial charge is 0.367 e. The van der Waals surface area contributed by atoms with E-state index < -0.39 is 63.7 Å². The molecule has 0 radical (unpaired) electrons. The highest BCUT2D eigenvalue weighted by Crippen LogP contribution is 2.43. The summed E-state index contributed by atoms with van der Waals surface area (Å²) in [5.41, 5.74) is 1.18. The first-order valence-electron chi connectivity index (χ1n) is 13.2. The van der Waals surface area contributed by atoms with E-state index in [0.29, 0.717) is 4.90 Å². The van der Waals surface area contributed by atoms with Crippen molar-refractivity contribution in [2.24, 2.45) is 0 Å². The number of hydrogen-bond donors (Lipinski definition) is 0. The quantitative estimate of drug-likeness (QED) is 0.145. The Morgan fingerprint density at radius 2 is 1.20 bits per heavy atom. The third kappa shape index (κ3) is 7.20. The van der Waals surface area contributed by atoms with Gasteiger partial charge in [-0.05, 0) is 78.6 Å². The van der Waals surface area contributed by atoms with Gasteiger partial charge in [0.1, 0.15) is 19.0 Å². The van der Waals surface area contributed by atoms with Crippen molar-refractivity contribution in [1.82, 2.24) is 0 Å². The molecule has 3 aromatic carbocycles. The van der Waals surface area contributed by atoms with Crippen LogP contribution in [-0.4, -0.2) is 49.9 Å². The standard InChI is InChI=1S/C30H30F6O6S2/c1-26(2,3)20-5-11-23(12-6-20)43(25-15-9-22(10-16-25)40-19-30(35,36)44(37,38)39)24-13-7-21(8-14-24)27(4)41-17-28(31,32)29(33,34)18-42-27/h5-16H,17-19H2,1-4H3. The Balaban J connectivity index is 1.67. The second kappa shape index (κ2) is 11.9. The summed E-state index contributed by atoms with van der Waals surface area (Å²) in [6, 6.07) is 20.1. The van der Waals surface area contributed by atoms with Gasteiger partial charge < -0.3 is 18.8 Å². The molecular formula is C30H30F6O6S2. The first-order valence-corrected chi connectivity index (χ1v) is 15.8. The minimum absolute atomic E-state index is 0.0942. The fourth-order valence-corrected chi connectivity index (χ4v) is 6.43. The molecule has 1 atom stereocenters. The summed E-state index contributed by atoms with van der Waals surface area (Å²) in [6.45, 7) is 2.74. The van der Waals surface area contributed by atoms with E-state index in [9.17, 15) is 39.3 Å². The zero-order valence-electron chi connectivity index (χ0n) is 24.1. The number of alkyl halides is 6. The molecule has 44 heavy (non-hydrogen) atoms. The van der Waals surface area contributed by atoms with Crippen LogP contribution in [0.2, 0.25) is 0 Å². The maximum absolute atomic E-state index is 13.9. The number of hydrogen-bond acceptors (Lipinski definition) is 6. The van der Waals surface area contributed by atoms with E-state index in [1.807, 2.05) is 24.3 Å². The highest BCUT2D eigenvalue weighted by molar-refractivity contribution is 7.97. The van der Waals surface area contributed by atoms with Gasteiger partial charge in [-0.15, -0.1) is 0 Å². The maximum atomic E-state index is 13.9. The van der Waals surface area contributed by atoms with Gasteiger partial charge in [-0.1, -0.05) is 32.9 Å². The molecule has 0 spiro atoms. The van der Waals surface area contributed by atoms with Crippen molar-refractivity contribution in [1.29, 1.82) is 0 Å². The molecule has 1 heterocycles. The minimum Gasteiger partial charge on any atom is -0.743 e. The van der Waals surface area contributed by atoms with Gasteiger partial charge in [0, 0.05) is 5.56 Å². The Labute approximate surface area is 254 Å². The molecule has 0 aliphatic carbocycles. The lowest BCUT2D eigenvalue weighted by Crippen LogP contribution is -2.45. The summed E-state index contributed by atoms with van der Waals surface area (Å²) in [4.78, 5) is 2.28. The van der Waals surface area contributed by atoms with Gasteiger partial charge >= 0.3 is 17.1 Å². The van der Waals surface area contributed by atoms with E-state index in [4.69, 9.17) is 14.2 Å². The zero-order valence-corrected chi connectivity index (χ0v) is 25.7. The fraction of sp³-hybridized carbons (Fsp3) is 0.400. The Morgan fingerprint density at radius 1 is 0.795 bits per heavy atom. The van der Waals surface area contributed by atoms with Crippen LogP contribution in [0.25, 0.3) is 0 Å². The van der Waals surface area contributed by atoms with Crippen LogP contribution in [0.4, 0.5) is 26.3 Å². The largest absolute Gasteiger partial charge is 0.743 e. The molecule has 0 saturated carbocycles. The maximum Gasteiger partial charge on any atom is 0.367 e. The Bertz CT molecular complexity index is 1540. The van der Waals surface area contributed by atoms with Gasteiger partial charge in [-0.25, -0.2) is 8.42 Å². The molecule has 1 unspecified atom stereocenters. The van der Waals surface area contributed by atoms with Crippen molar-refractivity contribution in [2.45, 2.75) is 70.7 Å². The van der Waals surface area contributed by atoms with E-state index in [0.717, 1.165) is 15.4 Å². The van der Waals surface area contributed by atoms with E-state index in [-0.39, 0.29) is 16.7 Å². The molecule has 1 fully saturated rings. The summed E-state index contributed by atoms with van der Waals surface area (Å²) < 4.78 is 130. The highest BCUT2D eigenvalue weighted by Gasteiger charge is 2.60. The van der Waals surface area contributed by atoms with Crippen molar-refractivity contribution in [2.75, 3.05) is 19.8 Å². The minimum atomic E-state index is -5.91. The van der Waals surface area contributed by atoms with Crippen LogP contribution in [0.3, 0.4) is 0 Å². The number of ether oxygens (including phenoxy) is 3. The summed E-state index contributed by atoms with van der Waals surface area (Å²) in [6.07, 6.45) is 0. The third-order valence-corrected chi connectivity index (χ3v) is 10.1. The third-order valence-electron chi connectivity index (χ3n) is 7.00. The van der Waals surface area contributed by atoms with Crippen LogP contribution in [0, 0.1) is 0 Å². The van der Waals surface area contributed by atoms with E-state index in [1.165, 1.54) is 31.2 Å². The molecule has 4 rings (SSSR count). The van der Waals surface area contributed by atoms with Crippen molar-refractivity contribution >= 4 is 21.0 Å². The van der Waals surface area contributed by atoms with Crippen LogP contribution in [0.1, 0.15) is 38.8 Å². The monoisotopic (exact) mass is 664 g/mol. The van der Waals surface area contributed by atoms with E-state index in [2.05, 4.69) is 20.8 Å². The van der Waals surface area contributed by atoms with Crippen molar-refractivity contribution < 1.29 is 53.5 Å². The van der Waals surface area contributed by atoms with Gasteiger partial charge in [-0.2, -0.15) is 26.3 Å². The molecule has 1 aliphatic rings. The van der Waals surface area contributed by atoms with Crippen molar-refractivity contribution in [3.8, 4) is 5.75 Å². The lowest BCUT2D eigenvalue weighted by molar-refractivity contribution is -0.233. The average molecular weight is 665 g/mol. The second-order valence-corrected chi connectivity index (χ2v) is 14.9. The summed E-state index contributed by atoms with van der Waals surface area (Å²) in [7, 11) is -6.73. The molecule has 0 amide bonds. The fourth-order valence-electron chi connectivity index (χ4n) is 4.18. The number of benzene rings is 3. The van der Waals surface area contributed by atoms with Crippen LogP contribution >= 0.6 is 0 Å². The van der Waals surface area contributed by atoms with Crippen LogP contribution in [0.15, 0.2) is 87.5 Å². The molecule has 3 aromatic rings. The Morgan fingerprint density at radius 3 is 1.61 bits per heavy atom. The zero-order chi connectivity index (χ0) is 32.8. The van der Waals surface area contributed by atoms with Gasteiger partial charge in [0.25, 0.3) is 0 Å². The molecule has 240 valence electrons. The molecule has 1 aliphatic heterocycles. The molecule has 0 bridgehead atoms. The second-order valence-electron chi connectivity index (χ2n) is 11.4. The van der Waals surface area contributed by atoms with E-state index in [1.54, 1.807) is 24.3 Å². The number of rotatable bonds is 8. The molecule has 0 N–H and O–H groups in total. The Hall–Kier alpha value is -2.78. The highest BCUT2D eigenvalue weighted by atomic mass is 32.2. The van der Waals surface area contributed by atoms with Gasteiger partial charge in [-0.3, -0.25) is 0 Å². The van der Waals surface area contributed by atoms with Gasteiger partial charge in [0.2, 0.25) is 0 Å². The van der Waals surface area contributed by atoms with Crippen molar-refractivity contribution in [3.05, 3.63) is 83.9 Å². The van der Waals surface area contributed by atoms with E-state index >= 15 is 0 Å². The predicted octanol–water partition coefficient (Wildman–Crippen LogP) is 7.09.